The first-order chi connectivity index (χ1) is 10.1. The molecule has 2 aromatic rings. The minimum Gasteiger partial charge on any atom is -0.508 e. The van der Waals surface area contributed by atoms with E-state index in [4.69, 9.17) is 5.73 Å². The van der Waals surface area contributed by atoms with E-state index in [9.17, 15) is 15.0 Å². The van der Waals surface area contributed by atoms with E-state index in [1.807, 2.05) is 30.3 Å². The molecule has 4 N–H and O–H groups in total. The number of nitrogens with two attached hydrogens (primary N) is 1. The lowest BCUT2D eigenvalue weighted by Crippen LogP contribution is -2.35. The molecule has 0 aromatic heterocycles. The lowest BCUT2D eigenvalue weighted by Gasteiger charge is -2.21. The van der Waals surface area contributed by atoms with Gasteiger partial charge in [0.1, 0.15) is 11.8 Å². The highest BCUT2D eigenvalue weighted by molar-refractivity contribution is 7.98. The summed E-state index contributed by atoms with van der Waals surface area (Å²) in [7, 11) is 0. The van der Waals surface area contributed by atoms with Gasteiger partial charge < -0.3 is 15.9 Å². The average molecular weight is 303 g/mol. The van der Waals surface area contributed by atoms with E-state index in [2.05, 4.69) is 0 Å². The zero-order chi connectivity index (χ0) is 15.2. The Kier molecular flexibility index (Phi) is 5.25. The Hall–Kier alpha value is -1.98. The second-order valence-electron chi connectivity index (χ2n) is 4.68. The number of thioether (sulfide) groups is 1. The molecule has 21 heavy (non-hydrogen) atoms. The van der Waals surface area contributed by atoms with Crippen LogP contribution < -0.4 is 5.73 Å². The molecule has 2 atom stereocenters. The second kappa shape index (κ2) is 7.15. The van der Waals surface area contributed by atoms with E-state index in [-0.39, 0.29) is 5.75 Å². The van der Waals surface area contributed by atoms with Gasteiger partial charge in [-0.15, -0.1) is 11.8 Å². The molecular weight excluding hydrogens is 286 g/mol. The Morgan fingerprint density at radius 1 is 1.14 bits per heavy atom. The highest BCUT2D eigenvalue weighted by atomic mass is 32.2. The summed E-state index contributed by atoms with van der Waals surface area (Å²) in [6, 6.07) is 15.3. The molecule has 5 heteroatoms. The molecule has 0 bridgehead atoms. The summed E-state index contributed by atoms with van der Waals surface area (Å²) in [5.74, 6) is -0.290. The smallest absolute Gasteiger partial charge is 0.321 e. The van der Waals surface area contributed by atoms with Crippen LogP contribution in [0.3, 0.4) is 0 Å². The summed E-state index contributed by atoms with van der Waals surface area (Å²) in [5.41, 5.74) is 7.62. The zero-order valence-electron chi connectivity index (χ0n) is 11.3. The van der Waals surface area contributed by atoms with Crippen molar-refractivity contribution in [1.82, 2.24) is 0 Å². The molecule has 2 aromatic carbocycles. The molecule has 0 amide bonds. The van der Waals surface area contributed by atoms with Gasteiger partial charge in [-0.25, -0.2) is 0 Å². The van der Waals surface area contributed by atoms with Crippen LogP contribution >= 0.6 is 11.8 Å². The molecule has 0 unspecified atom stereocenters. The van der Waals surface area contributed by atoms with Crippen molar-refractivity contribution in [3.63, 3.8) is 0 Å². The zero-order valence-corrected chi connectivity index (χ0v) is 12.2. The van der Waals surface area contributed by atoms with Crippen LogP contribution in [0.5, 0.6) is 5.75 Å². The van der Waals surface area contributed by atoms with Crippen LogP contribution in [0.2, 0.25) is 0 Å². The standard InChI is InChI=1S/C16H17NO3S/c17-14(16(19)20)15(12-7-4-8-13(18)9-12)21-10-11-5-2-1-3-6-11/h1-9,14-15,18H,10,17H2,(H,19,20)/t14-,15-/m0/s1. The maximum Gasteiger partial charge on any atom is 0.321 e. The summed E-state index contributed by atoms with van der Waals surface area (Å²) in [5, 5.41) is 18.3. The predicted octanol–water partition coefficient (Wildman–Crippen LogP) is 2.78. The van der Waals surface area contributed by atoms with Gasteiger partial charge in [-0.1, -0.05) is 42.5 Å². The van der Waals surface area contributed by atoms with Gasteiger partial charge in [0.15, 0.2) is 0 Å². The van der Waals surface area contributed by atoms with Crippen molar-refractivity contribution in [2.45, 2.75) is 17.0 Å². The molecule has 4 nitrogen and oxygen atoms in total. The van der Waals surface area contributed by atoms with Crippen molar-refractivity contribution in [3.05, 3.63) is 65.7 Å². The Morgan fingerprint density at radius 3 is 2.48 bits per heavy atom. The number of phenolic OH excluding ortho intramolecular Hbond substituents is 1. The Labute approximate surface area is 127 Å². The van der Waals surface area contributed by atoms with E-state index < -0.39 is 17.3 Å². The summed E-state index contributed by atoms with van der Waals surface area (Å²) in [6.45, 7) is 0. The van der Waals surface area contributed by atoms with Gasteiger partial charge in [-0.2, -0.15) is 0 Å². The van der Waals surface area contributed by atoms with Crippen LogP contribution in [0, 0.1) is 0 Å². The van der Waals surface area contributed by atoms with E-state index in [0.717, 1.165) is 5.56 Å². The number of phenols is 1. The molecule has 0 spiro atoms. The normalized spacial score (nSPS) is 13.6. The van der Waals surface area contributed by atoms with Crippen molar-refractivity contribution >= 4 is 17.7 Å². The Bertz CT molecular complexity index is 603. The first-order valence-electron chi connectivity index (χ1n) is 6.51. The lowest BCUT2D eigenvalue weighted by molar-refractivity contribution is -0.138. The third-order valence-electron chi connectivity index (χ3n) is 3.08. The topological polar surface area (TPSA) is 83.6 Å². The minimum absolute atomic E-state index is 0.107. The minimum atomic E-state index is -1.05. The number of aliphatic carboxylic acids is 1. The van der Waals surface area contributed by atoms with Crippen LogP contribution in [-0.4, -0.2) is 22.2 Å². The molecule has 0 saturated heterocycles. The quantitative estimate of drug-likeness (QED) is 0.764. The molecule has 0 heterocycles. The monoisotopic (exact) mass is 303 g/mol. The summed E-state index contributed by atoms with van der Waals surface area (Å²) < 4.78 is 0. The maximum atomic E-state index is 11.2. The number of hydrogen-bond donors (Lipinski definition) is 3. The molecule has 110 valence electrons. The van der Waals surface area contributed by atoms with Gasteiger partial charge in [0.25, 0.3) is 0 Å². The molecule has 0 aliphatic rings. The van der Waals surface area contributed by atoms with Gasteiger partial charge in [-0.3, -0.25) is 4.79 Å². The fraction of sp³-hybridized carbons (Fsp3) is 0.188. The number of carbonyl (C=O) groups is 1. The van der Waals surface area contributed by atoms with Crippen LogP contribution in [0.25, 0.3) is 0 Å². The Balaban J connectivity index is 2.18. The number of carboxylic acids is 1. The fourth-order valence-corrected chi connectivity index (χ4v) is 3.23. The van der Waals surface area contributed by atoms with Crippen LogP contribution in [0.4, 0.5) is 0 Å². The van der Waals surface area contributed by atoms with Gasteiger partial charge >= 0.3 is 5.97 Å². The van der Waals surface area contributed by atoms with Crippen LogP contribution in [0.15, 0.2) is 54.6 Å². The van der Waals surface area contributed by atoms with Gasteiger partial charge in [0.2, 0.25) is 0 Å². The molecule has 0 aliphatic carbocycles. The van der Waals surface area contributed by atoms with E-state index in [1.54, 1.807) is 24.3 Å². The summed E-state index contributed by atoms with van der Waals surface area (Å²) >= 11 is 1.46. The predicted molar refractivity (Wildman–Crippen MR) is 84.2 cm³/mol. The summed E-state index contributed by atoms with van der Waals surface area (Å²) in [4.78, 5) is 11.2. The van der Waals surface area contributed by atoms with Crippen molar-refractivity contribution in [1.29, 1.82) is 0 Å². The fourth-order valence-electron chi connectivity index (χ4n) is 2.00. The number of benzene rings is 2. The maximum absolute atomic E-state index is 11.2. The van der Waals surface area contributed by atoms with Gasteiger partial charge in [-0.05, 0) is 23.3 Å². The average Bonchev–Trinajstić information content (AvgIpc) is 2.48. The highest BCUT2D eigenvalue weighted by Crippen LogP contribution is 2.35. The highest BCUT2D eigenvalue weighted by Gasteiger charge is 2.26. The van der Waals surface area contributed by atoms with Crippen LogP contribution in [0.1, 0.15) is 16.4 Å². The van der Waals surface area contributed by atoms with E-state index in [0.29, 0.717) is 11.3 Å². The van der Waals surface area contributed by atoms with Gasteiger partial charge in [0.05, 0.1) is 5.25 Å². The molecule has 2 rings (SSSR count). The SMILES string of the molecule is N[C@H](C(=O)O)[C@@H](SCc1ccccc1)c1cccc(O)c1. The van der Waals surface area contributed by atoms with Gasteiger partial charge in [0, 0.05) is 5.75 Å². The molecule has 0 saturated carbocycles. The Morgan fingerprint density at radius 2 is 1.86 bits per heavy atom. The third kappa shape index (κ3) is 4.24. The molecule has 0 radical (unpaired) electrons. The van der Waals surface area contributed by atoms with Crippen molar-refractivity contribution in [3.8, 4) is 5.75 Å². The number of hydrogen-bond acceptors (Lipinski definition) is 4. The largest absolute Gasteiger partial charge is 0.508 e. The van der Waals surface area contributed by atoms with Crippen molar-refractivity contribution in [2.24, 2.45) is 5.73 Å². The van der Waals surface area contributed by atoms with E-state index in [1.165, 1.54) is 11.8 Å². The number of aromatic hydroxyl groups is 1. The van der Waals surface area contributed by atoms with Crippen molar-refractivity contribution in [2.75, 3.05) is 0 Å². The number of carboxylic acid groups (broad SMARTS) is 1. The molecule has 0 fully saturated rings. The summed E-state index contributed by atoms with van der Waals surface area (Å²) in [6.07, 6.45) is 0. The number of rotatable bonds is 6. The third-order valence-corrected chi connectivity index (χ3v) is 4.51. The first-order valence-corrected chi connectivity index (χ1v) is 7.55. The lowest BCUT2D eigenvalue weighted by atomic mass is 10.1. The second-order valence-corrected chi connectivity index (χ2v) is 5.81. The molecule has 0 aliphatic heterocycles. The van der Waals surface area contributed by atoms with E-state index >= 15 is 0 Å². The van der Waals surface area contributed by atoms with Crippen LogP contribution in [-0.2, 0) is 10.5 Å². The molecular formula is C16H17NO3S. The van der Waals surface area contributed by atoms with Crippen molar-refractivity contribution < 1.29 is 15.0 Å². The first kappa shape index (κ1) is 15.4.